The summed E-state index contributed by atoms with van der Waals surface area (Å²) in [6.07, 6.45) is 1.67. The quantitative estimate of drug-likeness (QED) is 0.489. The highest BCUT2D eigenvalue weighted by atomic mass is 28.3. The summed E-state index contributed by atoms with van der Waals surface area (Å²) in [6, 6.07) is 0. The number of hydrogen-bond acceptors (Lipinski definition) is 2. The van der Waals surface area contributed by atoms with Gasteiger partial charge >= 0.3 is 0 Å². The summed E-state index contributed by atoms with van der Waals surface area (Å²) in [5.41, 5.74) is -0.285. The minimum absolute atomic E-state index is 0.285. The fourth-order valence-corrected chi connectivity index (χ4v) is 0.981. The minimum Gasteiger partial charge on any atom is -0.391 e. The smallest absolute Gasteiger partial charge is 0.0850 e. The molecule has 0 saturated heterocycles. The van der Waals surface area contributed by atoms with Crippen molar-refractivity contribution in [2.45, 2.75) is 32.3 Å². The molecule has 0 aliphatic rings. The molecule has 0 bridgehead atoms. The molecule has 0 spiro atoms. The van der Waals surface area contributed by atoms with Crippen LogP contribution in [0.15, 0.2) is 4.99 Å². The summed E-state index contributed by atoms with van der Waals surface area (Å²) in [5.74, 6) is 0. The maximum atomic E-state index is 9.43. The second kappa shape index (κ2) is 3.88. The fourth-order valence-electron chi connectivity index (χ4n) is 0.429. The van der Waals surface area contributed by atoms with E-state index in [2.05, 4.69) is 24.6 Å². The minimum atomic E-state index is -1.39. The molecule has 1 unspecified atom stereocenters. The van der Waals surface area contributed by atoms with Crippen LogP contribution in [0.5, 0.6) is 0 Å². The highest BCUT2D eigenvalue weighted by Gasteiger charge is 2.22. The molecule has 0 heterocycles. The second-order valence-corrected chi connectivity index (χ2v) is 8.78. The van der Waals surface area contributed by atoms with E-state index < -0.39 is 8.07 Å². The highest BCUT2D eigenvalue weighted by molar-refractivity contribution is 6.79. The topological polar surface area (TPSA) is 32.6 Å². The van der Waals surface area contributed by atoms with Gasteiger partial charge in [0.15, 0.2) is 0 Å². The van der Waals surface area contributed by atoms with Crippen LogP contribution in [-0.4, -0.2) is 31.7 Å². The summed E-state index contributed by atoms with van der Waals surface area (Å²) in [6.45, 7) is 9.10. The molecule has 0 radical (unpaired) electrons. The van der Waals surface area contributed by atoms with E-state index in [4.69, 9.17) is 0 Å². The molecule has 0 aromatic rings. The third-order valence-corrected chi connectivity index (χ3v) is 3.24. The summed E-state index contributed by atoms with van der Waals surface area (Å²) < 4.78 is 0. The van der Waals surface area contributed by atoms with E-state index in [0.717, 1.165) is 6.54 Å². The molecule has 3 heteroatoms. The monoisotopic (exact) mass is 159 g/mol. The Morgan fingerprint density at radius 1 is 1.50 bits per heavy atom. The van der Waals surface area contributed by atoms with Gasteiger partial charge in [-0.2, -0.15) is 0 Å². The molecule has 2 nitrogen and oxygen atoms in total. The van der Waals surface area contributed by atoms with E-state index in [1.165, 1.54) is 0 Å². The maximum Gasteiger partial charge on any atom is 0.0850 e. The Morgan fingerprint density at radius 3 is 2.30 bits per heavy atom. The number of hydrogen-bond donors (Lipinski definition) is 1. The van der Waals surface area contributed by atoms with Crippen molar-refractivity contribution in [2.24, 2.45) is 4.99 Å². The predicted octanol–water partition coefficient (Wildman–Crippen LogP) is 1.32. The van der Waals surface area contributed by atoms with Crippen LogP contribution in [0.2, 0.25) is 19.6 Å². The van der Waals surface area contributed by atoms with Crippen LogP contribution in [0.4, 0.5) is 0 Å². The van der Waals surface area contributed by atoms with Gasteiger partial charge in [-0.1, -0.05) is 19.6 Å². The molecule has 1 atom stereocenters. The zero-order valence-electron chi connectivity index (χ0n) is 7.26. The molecule has 10 heavy (non-hydrogen) atoms. The third kappa shape index (κ3) is 3.79. The SMILES string of the molecule is CCN=CC(O)[Si](C)(C)C. The normalized spacial score (nSPS) is 16.1. The molecule has 0 saturated carbocycles. The van der Waals surface area contributed by atoms with Crippen LogP contribution in [-0.2, 0) is 0 Å². The van der Waals surface area contributed by atoms with Crippen molar-refractivity contribution in [2.75, 3.05) is 6.54 Å². The molecule has 0 aliphatic carbocycles. The van der Waals surface area contributed by atoms with Crippen LogP contribution < -0.4 is 0 Å². The first-order chi connectivity index (χ1) is 4.48. The van der Waals surface area contributed by atoms with Crippen molar-refractivity contribution in [1.82, 2.24) is 0 Å². The Hall–Kier alpha value is -0.153. The molecular weight excluding hydrogens is 142 g/mol. The van der Waals surface area contributed by atoms with E-state index >= 15 is 0 Å². The van der Waals surface area contributed by atoms with E-state index in [0.29, 0.717) is 0 Å². The van der Waals surface area contributed by atoms with Gasteiger partial charge in [0.05, 0.1) is 13.8 Å². The average molecular weight is 159 g/mol. The number of nitrogens with zero attached hydrogens (tertiary/aromatic N) is 1. The fraction of sp³-hybridized carbons (Fsp3) is 0.857. The lowest BCUT2D eigenvalue weighted by molar-refractivity contribution is 0.312. The number of aliphatic imine (C=N–C) groups is 1. The van der Waals surface area contributed by atoms with Crippen molar-refractivity contribution in [3.05, 3.63) is 0 Å². The molecule has 60 valence electrons. The Morgan fingerprint density at radius 2 is 2.00 bits per heavy atom. The molecular formula is C7H17NOSi. The third-order valence-electron chi connectivity index (χ3n) is 1.32. The zero-order chi connectivity index (χ0) is 8.20. The molecule has 0 amide bonds. The Bertz CT molecular complexity index is 117. The second-order valence-electron chi connectivity index (χ2n) is 3.46. The van der Waals surface area contributed by atoms with E-state index in [9.17, 15) is 5.11 Å². The lowest BCUT2D eigenvalue weighted by atomic mass is 10.7. The number of aliphatic hydroxyl groups is 1. The van der Waals surface area contributed by atoms with Gasteiger partial charge in [0.25, 0.3) is 0 Å². The van der Waals surface area contributed by atoms with Crippen molar-refractivity contribution in [3.63, 3.8) is 0 Å². The summed E-state index contributed by atoms with van der Waals surface area (Å²) in [4.78, 5) is 4.00. The Balaban J connectivity index is 3.84. The van der Waals surface area contributed by atoms with E-state index in [1.54, 1.807) is 6.21 Å². The highest BCUT2D eigenvalue weighted by Crippen LogP contribution is 2.04. The summed E-state index contributed by atoms with van der Waals surface area (Å²) >= 11 is 0. The van der Waals surface area contributed by atoms with Gasteiger partial charge < -0.3 is 5.11 Å². The predicted molar refractivity (Wildman–Crippen MR) is 48.4 cm³/mol. The molecule has 0 fully saturated rings. The van der Waals surface area contributed by atoms with E-state index in [1.807, 2.05) is 6.92 Å². The number of rotatable bonds is 3. The summed E-state index contributed by atoms with van der Waals surface area (Å²) in [5, 5.41) is 9.43. The van der Waals surface area contributed by atoms with Crippen LogP contribution >= 0.6 is 0 Å². The van der Waals surface area contributed by atoms with Gasteiger partial charge in [0, 0.05) is 12.8 Å². The van der Waals surface area contributed by atoms with Gasteiger partial charge in [-0.3, -0.25) is 4.99 Å². The molecule has 0 aromatic carbocycles. The van der Waals surface area contributed by atoms with Gasteiger partial charge in [-0.25, -0.2) is 0 Å². The Labute approximate surface area is 64.0 Å². The van der Waals surface area contributed by atoms with Crippen molar-refractivity contribution in [1.29, 1.82) is 0 Å². The van der Waals surface area contributed by atoms with Gasteiger partial charge in [-0.05, 0) is 6.92 Å². The Kier molecular flexibility index (Phi) is 3.82. The molecule has 1 N–H and O–H groups in total. The zero-order valence-corrected chi connectivity index (χ0v) is 8.26. The van der Waals surface area contributed by atoms with Gasteiger partial charge in [0.2, 0.25) is 0 Å². The van der Waals surface area contributed by atoms with E-state index in [-0.39, 0.29) is 5.73 Å². The lowest BCUT2D eigenvalue weighted by Crippen LogP contribution is -2.39. The largest absolute Gasteiger partial charge is 0.391 e. The first-order valence-corrected chi connectivity index (χ1v) is 7.24. The van der Waals surface area contributed by atoms with Crippen LogP contribution in [0.25, 0.3) is 0 Å². The van der Waals surface area contributed by atoms with Gasteiger partial charge in [-0.15, -0.1) is 0 Å². The maximum absolute atomic E-state index is 9.43. The van der Waals surface area contributed by atoms with Crippen molar-refractivity contribution < 1.29 is 5.11 Å². The first-order valence-electron chi connectivity index (χ1n) is 3.66. The van der Waals surface area contributed by atoms with Crippen molar-refractivity contribution in [3.8, 4) is 0 Å². The molecule has 0 rings (SSSR count). The van der Waals surface area contributed by atoms with Crippen LogP contribution in [0.1, 0.15) is 6.92 Å². The standard InChI is InChI=1S/C7H17NOSi/c1-5-8-6-7(9)10(2,3)4/h6-7,9H,5H2,1-4H3. The van der Waals surface area contributed by atoms with Crippen LogP contribution in [0.3, 0.4) is 0 Å². The molecule has 0 aliphatic heterocycles. The summed E-state index contributed by atoms with van der Waals surface area (Å²) in [7, 11) is -1.39. The first kappa shape index (κ1) is 9.85. The average Bonchev–Trinajstić information content (AvgIpc) is 1.80. The molecule has 0 aromatic heterocycles. The number of aliphatic hydroxyl groups excluding tert-OH is 1. The van der Waals surface area contributed by atoms with Crippen molar-refractivity contribution >= 4 is 14.3 Å². The van der Waals surface area contributed by atoms with Gasteiger partial charge in [0.1, 0.15) is 0 Å². The van der Waals surface area contributed by atoms with Crippen LogP contribution in [0, 0.1) is 0 Å². The lowest BCUT2D eigenvalue weighted by Gasteiger charge is -2.19.